The number of anilines is 1. The molecule has 1 aromatic carbocycles. The monoisotopic (exact) mass is 625 g/mol. The summed E-state index contributed by atoms with van der Waals surface area (Å²) in [6, 6.07) is 11.0. The van der Waals surface area contributed by atoms with E-state index in [1.54, 1.807) is 0 Å². The van der Waals surface area contributed by atoms with Gasteiger partial charge in [-0.05, 0) is 66.8 Å². The number of hydrogen-bond acceptors (Lipinski definition) is 8. The number of aromatic nitrogens is 2. The van der Waals surface area contributed by atoms with Crippen LogP contribution in [0.1, 0.15) is 73.4 Å². The molecule has 2 heterocycles. The lowest BCUT2D eigenvalue weighted by molar-refractivity contribution is 0.0613. The van der Waals surface area contributed by atoms with Crippen molar-refractivity contribution in [2.75, 3.05) is 23.8 Å². The summed E-state index contributed by atoms with van der Waals surface area (Å²) < 4.78 is 30.3. The molecule has 1 aliphatic carbocycles. The van der Waals surface area contributed by atoms with Crippen molar-refractivity contribution in [1.29, 1.82) is 10.5 Å². The summed E-state index contributed by atoms with van der Waals surface area (Å²) in [5, 5.41) is 27.4. The van der Waals surface area contributed by atoms with Gasteiger partial charge in [-0.2, -0.15) is 10.5 Å². The normalized spacial score (nSPS) is 18.7. The Balaban J connectivity index is 0.000000250. The number of ether oxygens (including phenoxy) is 1. The van der Waals surface area contributed by atoms with E-state index in [1.165, 1.54) is 16.3 Å². The minimum Gasteiger partial charge on any atom is -0.475 e. The first-order valence-corrected chi connectivity index (χ1v) is 20.0. The molecule has 0 saturated carbocycles. The Bertz CT molecular complexity index is 1540. The van der Waals surface area contributed by atoms with Crippen LogP contribution in [0.3, 0.4) is 0 Å². The highest BCUT2D eigenvalue weighted by atomic mass is 32.2. The number of nitriles is 2. The Labute approximate surface area is 256 Å². The van der Waals surface area contributed by atoms with Crippen molar-refractivity contribution in [2.24, 2.45) is 5.41 Å². The van der Waals surface area contributed by atoms with E-state index in [2.05, 4.69) is 50.6 Å². The average molecular weight is 626 g/mol. The fourth-order valence-corrected chi connectivity index (χ4v) is 7.36. The van der Waals surface area contributed by atoms with Gasteiger partial charge in [0.2, 0.25) is 5.82 Å². The van der Waals surface area contributed by atoms with Crippen LogP contribution in [0.15, 0.2) is 30.5 Å². The lowest BCUT2D eigenvalue weighted by atomic mass is 9.74. The zero-order valence-electron chi connectivity index (χ0n) is 25.8. The van der Waals surface area contributed by atoms with Crippen molar-refractivity contribution in [2.45, 2.75) is 83.8 Å². The standard InChI is InChI=1S/C20H26N2O2S.C11H17N3O3Si/c1-19(2)7-5-15(6-8-19)17-13-16(3-4-18(17)22)20(14-21)9-11-25(23,24)12-10-20;1-18(2,3)5-4-17-8-14-7-9(6-12)13-10(14)11(15)16/h3-5,13H,6-12,22H2,1-2H3;7H,4-5,8H2,1-3H3,(H,15,16). The van der Waals surface area contributed by atoms with Crippen LogP contribution in [-0.4, -0.2) is 55.2 Å². The second kappa shape index (κ2) is 13.5. The van der Waals surface area contributed by atoms with E-state index in [4.69, 9.17) is 20.8 Å². The van der Waals surface area contributed by atoms with Crippen molar-refractivity contribution in [3.63, 3.8) is 0 Å². The second-order valence-corrected chi connectivity index (χ2v) is 21.4. The molecule has 1 aromatic heterocycles. The molecule has 0 amide bonds. The third-order valence-corrected chi connectivity index (χ3v) is 11.5. The molecule has 12 heteroatoms. The maximum absolute atomic E-state index is 11.8. The third kappa shape index (κ3) is 9.26. The number of nitrogens with zero attached hydrogens (tertiary/aromatic N) is 4. The van der Waals surface area contributed by atoms with E-state index < -0.39 is 29.3 Å². The van der Waals surface area contributed by atoms with Crippen LogP contribution in [0.2, 0.25) is 25.7 Å². The minimum absolute atomic E-state index is 0.0805. The predicted octanol–water partition coefficient (Wildman–Crippen LogP) is 5.60. The molecular weight excluding hydrogens is 583 g/mol. The molecule has 1 aliphatic heterocycles. The molecule has 43 heavy (non-hydrogen) atoms. The lowest BCUT2D eigenvalue weighted by Crippen LogP contribution is -2.36. The van der Waals surface area contributed by atoms with Gasteiger partial charge in [-0.25, -0.2) is 18.2 Å². The predicted molar refractivity (Wildman–Crippen MR) is 170 cm³/mol. The van der Waals surface area contributed by atoms with Gasteiger partial charge in [0.25, 0.3) is 0 Å². The Morgan fingerprint density at radius 2 is 1.86 bits per heavy atom. The Morgan fingerprint density at radius 1 is 1.19 bits per heavy atom. The van der Waals surface area contributed by atoms with Gasteiger partial charge in [0.1, 0.15) is 22.6 Å². The van der Waals surface area contributed by atoms with Crippen LogP contribution in [0.5, 0.6) is 0 Å². The summed E-state index contributed by atoms with van der Waals surface area (Å²) in [4.78, 5) is 14.6. The Kier molecular flexibility index (Phi) is 10.7. The molecule has 232 valence electrons. The summed E-state index contributed by atoms with van der Waals surface area (Å²) >= 11 is 0. The van der Waals surface area contributed by atoms with E-state index in [0.29, 0.717) is 24.9 Å². The summed E-state index contributed by atoms with van der Waals surface area (Å²) in [5.74, 6) is -1.17. The fraction of sp³-hybridized carbons (Fsp3) is 0.548. The van der Waals surface area contributed by atoms with Crippen LogP contribution < -0.4 is 5.73 Å². The first-order valence-electron chi connectivity index (χ1n) is 14.5. The molecule has 4 rings (SSSR count). The highest BCUT2D eigenvalue weighted by molar-refractivity contribution is 7.91. The molecule has 1 saturated heterocycles. The van der Waals surface area contributed by atoms with Gasteiger partial charge >= 0.3 is 5.97 Å². The van der Waals surface area contributed by atoms with Gasteiger partial charge in [-0.15, -0.1) is 0 Å². The zero-order valence-corrected chi connectivity index (χ0v) is 27.6. The van der Waals surface area contributed by atoms with Crippen molar-refractivity contribution in [1.82, 2.24) is 9.55 Å². The highest BCUT2D eigenvalue weighted by Crippen LogP contribution is 2.42. The van der Waals surface area contributed by atoms with Gasteiger partial charge in [0, 0.05) is 32.1 Å². The smallest absolute Gasteiger partial charge is 0.372 e. The molecule has 3 N–H and O–H groups in total. The van der Waals surface area contributed by atoms with Crippen molar-refractivity contribution < 1.29 is 23.1 Å². The highest BCUT2D eigenvalue weighted by Gasteiger charge is 2.39. The van der Waals surface area contributed by atoms with E-state index in [0.717, 1.165) is 42.1 Å². The Morgan fingerprint density at radius 3 is 2.40 bits per heavy atom. The SMILES string of the molecule is CC1(C)CC=C(c2cc(C3(C#N)CCS(=O)(=O)CC3)ccc2N)CC1.C[Si](C)(C)CCOCn1cc(C#N)nc1C(=O)O. The van der Waals surface area contributed by atoms with Gasteiger partial charge in [-0.3, -0.25) is 0 Å². The largest absolute Gasteiger partial charge is 0.475 e. The van der Waals surface area contributed by atoms with E-state index in [9.17, 15) is 18.5 Å². The molecule has 0 radical (unpaired) electrons. The number of benzene rings is 1. The van der Waals surface area contributed by atoms with Gasteiger partial charge in [0.15, 0.2) is 5.69 Å². The zero-order chi connectivity index (χ0) is 32.1. The number of carboxylic acid groups (broad SMARTS) is 1. The van der Waals surface area contributed by atoms with Crippen LogP contribution in [0.4, 0.5) is 5.69 Å². The number of carboxylic acids is 1. The number of nitrogen functional groups attached to an aromatic ring is 1. The molecule has 0 atom stereocenters. The maximum atomic E-state index is 11.8. The first kappa shape index (κ1) is 34.0. The number of carbonyl (C=O) groups is 1. The topological polar surface area (TPSA) is 172 Å². The first-order chi connectivity index (χ1) is 20.0. The molecule has 0 bridgehead atoms. The molecular formula is C31H43N5O5SSi. The Hall–Kier alpha value is -3.45. The van der Waals surface area contributed by atoms with Crippen LogP contribution in [0.25, 0.3) is 5.57 Å². The number of allylic oxidation sites excluding steroid dienone is 2. The maximum Gasteiger partial charge on any atom is 0.372 e. The van der Waals surface area contributed by atoms with Crippen molar-refractivity contribution >= 4 is 35.1 Å². The number of nitrogens with two attached hydrogens (primary N) is 1. The summed E-state index contributed by atoms with van der Waals surface area (Å²) in [6.07, 6.45) is 7.50. The quantitative estimate of drug-likeness (QED) is 0.215. The molecule has 0 spiro atoms. The van der Waals surface area contributed by atoms with Gasteiger partial charge in [-0.1, -0.05) is 45.6 Å². The van der Waals surface area contributed by atoms with Gasteiger partial charge < -0.3 is 20.1 Å². The number of aromatic carboxylic acids is 1. The number of imidazole rings is 1. The van der Waals surface area contributed by atoms with Crippen molar-refractivity contribution in [3.05, 3.63) is 53.1 Å². The van der Waals surface area contributed by atoms with Crippen LogP contribution in [0, 0.1) is 28.1 Å². The van der Waals surface area contributed by atoms with E-state index >= 15 is 0 Å². The summed E-state index contributed by atoms with van der Waals surface area (Å²) in [6.45, 7) is 12.0. The van der Waals surface area contributed by atoms with Gasteiger partial charge in [0.05, 0.1) is 23.0 Å². The minimum atomic E-state index is -3.01. The summed E-state index contributed by atoms with van der Waals surface area (Å²) in [5.41, 5.74) is 9.80. The molecule has 1 fully saturated rings. The number of rotatable bonds is 8. The summed E-state index contributed by atoms with van der Waals surface area (Å²) in [7, 11) is -4.16. The molecule has 2 aromatic rings. The third-order valence-electron chi connectivity index (χ3n) is 8.13. The molecule has 2 aliphatic rings. The fourth-order valence-electron chi connectivity index (χ4n) is 5.09. The van der Waals surface area contributed by atoms with Crippen molar-refractivity contribution in [3.8, 4) is 12.1 Å². The van der Waals surface area contributed by atoms with Crippen LogP contribution >= 0.6 is 0 Å². The molecule has 0 unspecified atom stereocenters. The lowest BCUT2D eigenvalue weighted by Gasteiger charge is -2.32. The molecule has 10 nitrogen and oxygen atoms in total. The van der Waals surface area contributed by atoms with E-state index in [1.807, 2.05) is 24.3 Å². The number of sulfone groups is 1. The average Bonchev–Trinajstić information content (AvgIpc) is 3.36. The van der Waals surface area contributed by atoms with Crippen LogP contribution in [-0.2, 0) is 26.7 Å². The number of hydrogen-bond donors (Lipinski definition) is 2. The van der Waals surface area contributed by atoms with E-state index in [-0.39, 0.29) is 29.8 Å². The second-order valence-electron chi connectivity index (χ2n) is 13.4.